The lowest BCUT2D eigenvalue weighted by molar-refractivity contribution is 0.590. The highest BCUT2D eigenvalue weighted by Crippen LogP contribution is 2.38. The topological polar surface area (TPSA) is 3.24 Å². The van der Waals surface area contributed by atoms with E-state index in [4.69, 9.17) is 0 Å². The lowest BCUT2D eigenvalue weighted by atomic mass is 9.86. The summed E-state index contributed by atoms with van der Waals surface area (Å²) < 4.78 is 0. The molecule has 1 heteroatoms. The fraction of sp³-hybridized carbons (Fsp3) is 0.492. The summed E-state index contributed by atoms with van der Waals surface area (Å²) in [5.74, 6) is 0. The third-order valence-electron chi connectivity index (χ3n) is 12.7. The molecule has 5 aromatic rings. The van der Waals surface area contributed by atoms with Gasteiger partial charge >= 0.3 is 0 Å². The van der Waals surface area contributed by atoms with E-state index in [1.165, 1.54) is 142 Å². The summed E-state index contributed by atoms with van der Waals surface area (Å²) in [5, 5.41) is 0. The number of benzene rings is 5. The molecular weight excluding hydrogens is 723 g/mol. The van der Waals surface area contributed by atoms with E-state index in [-0.39, 0.29) is 10.8 Å². The van der Waals surface area contributed by atoms with Gasteiger partial charge in [-0.15, -0.1) is 0 Å². The highest BCUT2D eigenvalue weighted by molar-refractivity contribution is 5.78. The zero-order valence-corrected chi connectivity index (χ0v) is 41.6. The van der Waals surface area contributed by atoms with Crippen molar-refractivity contribution in [3.8, 4) is 0 Å². The molecule has 5 rings (SSSR count). The number of aryl methyl sites for hydroxylation is 10. The van der Waals surface area contributed by atoms with Crippen molar-refractivity contribution < 1.29 is 0 Å². The minimum atomic E-state index is 0.148. The first-order chi connectivity index (χ1) is 28.2. The summed E-state index contributed by atoms with van der Waals surface area (Å²) in [6, 6.07) is 32.1. The van der Waals surface area contributed by atoms with Crippen LogP contribution in [0.5, 0.6) is 0 Å². The van der Waals surface area contributed by atoms with E-state index < -0.39 is 0 Å². The molecule has 0 radical (unpaired) electrons. The van der Waals surface area contributed by atoms with Gasteiger partial charge in [0.05, 0.1) is 0 Å². The van der Waals surface area contributed by atoms with E-state index in [2.05, 4.69) is 208 Å². The largest absolute Gasteiger partial charge is 0.310 e. The number of nitrogens with zero attached hydrogens (tertiary/aromatic N) is 1. The molecule has 0 aliphatic rings. The minimum absolute atomic E-state index is 0.148. The van der Waals surface area contributed by atoms with Gasteiger partial charge in [0, 0.05) is 17.1 Å². The van der Waals surface area contributed by atoms with Gasteiger partial charge < -0.3 is 4.90 Å². The summed E-state index contributed by atoms with van der Waals surface area (Å²) >= 11 is 0. The molecule has 0 saturated carbocycles. The third-order valence-corrected chi connectivity index (χ3v) is 12.7. The molecular formula is C59H85N. The number of anilines is 3. The van der Waals surface area contributed by atoms with Crippen molar-refractivity contribution in [2.45, 2.75) is 193 Å². The lowest BCUT2D eigenvalue weighted by Crippen LogP contribution is -2.14. The highest BCUT2D eigenvalue weighted by atomic mass is 15.1. The van der Waals surface area contributed by atoms with Crippen molar-refractivity contribution in [2.24, 2.45) is 0 Å². The molecule has 0 atom stereocenters. The Bertz CT molecular complexity index is 1890. The second-order valence-corrected chi connectivity index (χ2v) is 20.0. The molecule has 5 aromatic carbocycles. The number of hydrogen-bond donors (Lipinski definition) is 0. The van der Waals surface area contributed by atoms with Gasteiger partial charge in [-0.3, -0.25) is 0 Å². The smallest absolute Gasteiger partial charge is 0.0467 e. The maximum Gasteiger partial charge on any atom is 0.0467 e. The predicted molar refractivity (Wildman–Crippen MR) is 270 cm³/mol. The summed E-state index contributed by atoms with van der Waals surface area (Å²) in [5.41, 5.74) is 22.4. The van der Waals surface area contributed by atoms with Crippen molar-refractivity contribution in [1.29, 1.82) is 0 Å². The van der Waals surface area contributed by atoms with Crippen LogP contribution in [0, 0.1) is 62.3 Å². The van der Waals surface area contributed by atoms with Crippen LogP contribution < -0.4 is 4.90 Å². The molecule has 0 saturated heterocycles. The Hall–Kier alpha value is -4.10. The lowest BCUT2D eigenvalue weighted by Gasteiger charge is -2.29. The Morgan fingerprint density at radius 2 is 0.683 bits per heavy atom. The maximum absolute atomic E-state index is 2.45. The van der Waals surface area contributed by atoms with Gasteiger partial charge in [0.25, 0.3) is 0 Å². The van der Waals surface area contributed by atoms with Crippen molar-refractivity contribution in [3.63, 3.8) is 0 Å². The molecule has 0 unspecified atom stereocenters. The van der Waals surface area contributed by atoms with E-state index in [9.17, 15) is 0 Å². The van der Waals surface area contributed by atoms with Crippen LogP contribution in [0.25, 0.3) is 0 Å². The van der Waals surface area contributed by atoms with E-state index in [1.807, 2.05) is 0 Å². The summed E-state index contributed by atoms with van der Waals surface area (Å²) in [6.07, 6.45) is 13.4. The van der Waals surface area contributed by atoms with Gasteiger partial charge in [0.2, 0.25) is 0 Å². The van der Waals surface area contributed by atoms with Crippen LogP contribution in [-0.4, -0.2) is 0 Å². The molecule has 0 spiro atoms. The number of unbranched alkanes of at least 4 members (excludes halogenated alkanes) is 6. The molecule has 0 heterocycles. The van der Waals surface area contributed by atoms with E-state index >= 15 is 0 Å². The zero-order chi connectivity index (χ0) is 44.8. The van der Waals surface area contributed by atoms with Crippen LogP contribution in [-0.2, 0) is 23.7 Å². The SMILES string of the molecule is CCCCCCc1cc(C)c(CCCCCC)cc1C.Cc1cc(C)c(C)cc1C.Cc1cc(N(c2ccc(C(C)(C)C)cc2)c2ccc(C(C)(C)C)cc2)cc(C)c1C. The zero-order valence-electron chi connectivity index (χ0n) is 41.6. The van der Waals surface area contributed by atoms with Crippen LogP contribution in [0.4, 0.5) is 17.1 Å². The molecule has 60 heavy (non-hydrogen) atoms. The van der Waals surface area contributed by atoms with Gasteiger partial charge in [-0.05, 0) is 208 Å². The molecule has 0 aliphatic carbocycles. The molecule has 0 N–H and O–H groups in total. The average molecular weight is 808 g/mol. The van der Waals surface area contributed by atoms with Crippen molar-refractivity contribution >= 4 is 17.1 Å². The van der Waals surface area contributed by atoms with Gasteiger partial charge in [-0.2, -0.15) is 0 Å². The second kappa shape index (κ2) is 23.2. The quantitative estimate of drug-likeness (QED) is 0.107. The Balaban J connectivity index is 0.000000274. The van der Waals surface area contributed by atoms with Crippen LogP contribution in [0.15, 0.2) is 84.9 Å². The van der Waals surface area contributed by atoms with E-state index in [1.54, 1.807) is 11.1 Å². The first kappa shape index (κ1) is 50.3. The van der Waals surface area contributed by atoms with E-state index in [0.29, 0.717) is 0 Å². The van der Waals surface area contributed by atoms with Crippen molar-refractivity contribution in [2.75, 3.05) is 4.90 Å². The van der Waals surface area contributed by atoms with Crippen LogP contribution in [0.2, 0.25) is 0 Å². The monoisotopic (exact) mass is 808 g/mol. The minimum Gasteiger partial charge on any atom is -0.310 e. The fourth-order valence-electron chi connectivity index (χ4n) is 7.87. The van der Waals surface area contributed by atoms with E-state index in [0.717, 1.165) is 0 Å². The van der Waals surface area contributed by atoms with Gasteiger partial charge in [-0.1, -0.05) is 142 Å². The summed E-state index contributed by atoms with van der Waals surface area (Å²) in [7, 11) is 0. The highest BCUT2D eigenvalue weighted by Gasteiger charge is 2.19. The Morgan fingerprint density at radius 3 is 0.983 bits per heavy atom. The van der Waals surface area contributed by atoms with Gasteiger partial charge in [-0.25, -0.2) is 0 Å². The van der Waals surface area contributed by atoms with Crippen LogP contribution in [0.1, 0.15) is 179 Å². The van der Waals surface area contributed by atoms with Crippen molar-refractivity contribution in [1.82, 2.24) is 0 Å². The Morgan fingerprint density at radius 1 is 0.350 bits per heavy atom. The standard InChI is InChI=1S/C29H37N.C20H34.C10H14/c1-20-18-27(19-21(2)22(20)3)30(25-14-10-23(11-15-25)28(4,5)6)26-16-12-24(13-17-26)29(7,8)9;1-5-7-9-11-13-19-15-18(4)20(16-17(19)3)14-12-10-8-6-2;1-7-5-9(3)10(4)6-8(7)2/h10-19H,1-9H3;15-16H,5-14H2,1-4H3;5-6H,1-4H3. The molecule has 0 bridgehead atoms. The molecule has 0 aliphatic heterocycles. The normalized spacial score (nSPS) is 11.4. The summed E-state index contributed by atoms with van der Waals surface area (Å²) in [4.78, 5) is 2.37. The second-order valence-electron chi connectivity index (χ2n) is 20.0. The summed E-state index contributed by atoms with van der Waals surface area (Å²) in [6.45, 7) is 38.0. The van der Waals surface area contributed by atoms with Crippen LogP contribution >= 0.6 is 0 Å². The maximum atomic E-state index is 2.45. The third kappa shape index (κ3) is 15.1. The molecule has 1 nitrogen and oxygen atoms in total. The Labute approximate surface area is 370 Å². The molecule has 326 valence electrons. The van der Waals surface area contributed by atoms with Crippen LogP contribution in [0.3, 0.4) is 0 Å². The Kier molecular flexibility index (Phi) is 19.4. The number of hydrogen-bond acceptors (Lipinski definition) is 1. The van der Waals surface area contributed by atoms with Gasteiger partial charge in [0.1, 0.15) is 0 Å². The first-order valence-corrected chi connectivity index (χ1v) is 23.4. The fourth-order valence-corrected chi connectivity index (χ4v) is 7.87. The average Bonchev–Trinajstić information content (AvgIpc) is 3.18. The molecule has 0 amide bonds. The molecule has 0 aromatic heterocycles. The predicted octanol–water partition coefficient (Wildman–Crippen LogP) is 18.1. The molecule has 0 fully saturated rings. The van der Waals surface area contributed by atoms with Gasteiger partial charge in [0.15, 0.2) is 0 Å². The first-order valence-electron chi connectivity index (χ1n) is 23.4. The number of rotatable bonds is 13. The van der Waals surface area contributed by atoms with Crippen molar-refractivity contribution in [3.05, 3.63) is 157 Å².